The molecular formula is C33H67N3O5. The molecule has 8 nitrogen and oxygen atoms in total. The second kappa shape index (κ2) is 17.8. The van der Waals surface area contributed by atoms with Crippen molar-refractivity contribution in [1.29, 1.82) is 0 Å². The molecule has 3 N–H and O–H groups in total. The predicted octanol–water partition coefficient (Wildman–Crippen LogP) is 6.02. The van der Waals surface area contributed by atoms with Crippen molar-refractivity contribution in [2.45, 2.75) is 151 Å². The van der Waals surface area contributed by atoms with Crippen molar-refractivity contribution in [2.75, 3.05) is 40.0 Å². The summed E-state index contributed by atoms with van der Waals surface area (Å²) in [6, 6.07) is 0. The Bertz CT molecular complexity index is 762. The fraction of sp³-hybridized carbons (Fsp3) is 0.939. The normalized spacial score (nSPS) is 14.2. The number of carbonyl (C=O) groups is 2. The third-order valence-corrected chi connectivity index (χ3v) is 8.20. The molecule has 0 aliphatic carbocycles. The molecular weight excluding hydrogens is 518 g/mol. The van der Waals surface area contributed by atoms with Gasteiger partial charge in [-0.3, -0.25) is 9.59 Å². The Labute approximate surface area is 253 Å². The van der Waals surface area contributed by atoms with Gasteiger partial charge in [-0.1, -0.05) is 41.0 Å². The summed E-state index contributed by atoms with van der Waals surface area (Å²) in [5.74, 6) is 0.0572. The van der Waals surface area contributed by atoms with Crippen molar-refractivity contribution in [3.8, 4) is 0 Å². The maximum Gasteiger partial charge on any atom is 0.225 e. The van der Waals surface area contributed by atoms with Crippen LogP contribution in [0.3, 0.4) is 0 Å². The molecule has 0 saturated heterocycles. The minimum atomic E-state index is -0.549. The highest BCUT2D eigenvalue weighted by Gasteiger charge is 2.31. The Hall–Kier alpha value is -1.22. The zero-order valence-electron chi connectivity index (χ0n) is 29.1. The lowest BCUT2D eigenvalue weighted by atomic mass is 9.88. The zero-order chi connectivity index (χ0) is 32.0. The van der Waals surface area contributed by atoms with Crippen LogP contribution in [-0.4, -0.2) is 74.6 Å². The lowest BCUT2D eigenvalue weighted by molar-refractivity contribution is -0.132. The standard InChI is InChI=1S/C33H67N3O5/c1-14-15-26(2)39-23-18-29(3,4)27(37)35-21-16-32(9,10)40-24-19-30(5,6)28(38)36-22-17-33(11,12)41-25-20-31(7,8)34-13/h26,34H,14-25H2,1-13H3,(H,35,37)(H,36,38). The molecule has 0 radical (unpaired) electrons. The largest absolute Gasteiger partial charge is 0.378 e. The Morgan fingerprint density at radius 1 is 0.659 bits per heavy atom. The highest BCUT2D eigenvalue weighted by Crippen LogP contribution is 2.25. The first kappa shape index (κ1) is 39.8. The van der Waals surface area contributed by atoms with E-state index in [1.807, 2.05) is 48.6 Å². The van der Waals surface area contributed by atoms with Crippen molar-refractivity contribution in [3.05, 3.63) is 0 Å². The van der Waals surface area contributed by atoms with E-state index in [0.29, 0.717) is 52.2 Å². The molecule has 8 heteroatoms. The minimum absolute atomic E-state index is 0.0218. The van der Waals surface area contributed by atoms with E-state index >= 15 is 0 Å². The topological polar surface area (TPSA) is 97.9 Å². The fourth-order valence-electron chi connectivity index (χ4n) is 4.10. The second-order valence-corrected chi connectivity index (χ2v) is 14.8. The number of nitrogens with one attached hydrogen (secondary N) is 3. The Balaban J connectivity index is 4.41. The zero-order valence-corrected chi connectivity index (χ0v) is 29.1. The number of hydrogen-bond donors (Lipinski definition) is 3. The van der Waals surface area contributed by atoms with E-state index in [9.17, 15) is 9.59 Å². The number of ether oxygens (including phenoxy) is 3. The van der Waals surface area contributed by atoms with Gasteiger partial charge in [-0.2, -0.15) is 0 Å². The summed E-state index contributed by atoms with van der Waals surface area (Å²) in [4.78, 5) is 25.7. The van der Waals surface area contributed by atoms with Crippen LogP contribution in [0.1, 0.15) is 128 Å². The quantitative estimate of drug-likeness (QED) is 0.136. The van der Waals surface area contributed by atoms with E-state index in [1.54, 1.807) is 0 Å². The average molecular weight is 586 g/mol. The minimum Gasteiger partial charge on any atom is -0.378 e. The van der Waals surface area contributed by atoms with E-state index in [2.05, 4.69) is 57.5 Å². The molecule has 0 aliphatic heterocycles. The summed E-state index contributed by atoms with van der Waals surface area (Å²) < 4.78 is 18.1. The third-order valence-electron chi connectivity index (χ3n) is 8.20. The maximum absolute atomic E-state index is 12.9. The third kappa shape index (κ3) is 18.1. The average Bonchev–Trinajstić information content (AvgIpc) is 2.83. The highest BCUT2D eigenvalue weighted by atomic mass is 16.5. The lowest BCUT2D eigenvalue weighted by Crippen LogP contribution is -2.42. The number of hydrogen-bond acceptors (Lipinski definition) is 6. The van der Waals surface area contributed by atoms with E-state index in [0.717, 1.165) is 25.7 Å². The van der Waals surface area contributed by atoms with Crippen molar-refractivity contribution in [1.82, 2.24) is 16.0 Å². The van der Waals surface area contributed by atoms with Gasteiger partial charge in [0.05, 0.1) is 17.3 Å². The van der Waals surface area contributed by atoms with Crippen LogP contribution in [0.2, 0.25) is 0 Å². The van der Waals surface area contributed by atoms with Gasteiger partial charge in [0.15, 0.2) is 0 Å². The molecule has 0 bridgehead atoms. The maximum atomic E-state index is 12.9. The van der Waals surface area contributed by atoms with Crippen molar-refractivity contribution in [3.63, 3.8) is 0 Å². The summed E-state index contributed by atoms with van der Waals surface area (Å²) in [6.45, 7) is 27.4. The van der Waals surface area contributed by atoms with Crippen molar-refractivity contribution in [2.24, 2.45) is 10.8 Å². The van der Waals surface area contributed by atoms with Crippen LogP contribution >= 0.6 is 0 Å². The molecule has 2 amide bonds. The van der Waals surface area contributed by atoms with Gasteiger partial charge < -0.3 is 30.2 Å². The van der Waals surface area contributed by atoms with E-state index in [-0.39, 0.29) is 29.1 Å². The number of amides is 2. The first-order chi connectivity index (χ1) is 18.7. The van der Waals surface area contributed by atoms with E-state index < -0.39 is 16.4 Å². The van der Waals surface area contributed by atoms with Crippen LogP contribution in [0.4, 0.5) is 0 Å². The molecule has 0 aliphatic rings. The SMILES string of the molecule is CCCC(C)OCCC(C)(C)C(=O)NCCC(C)(C)OCCC(C)(C)C(=O)NCCC(C)(C)OCCC(C)(C)NC. The molecule has 1 atom stereocenters. The van der Waals surface area contributed by atoms with Gasteiger partial charge in [0.1, 0.15) is 0 Å². The Morgan fingerprint density at radius 2 is 1.07 bits per heavy atom. The summed E-state index contributed by atoms with van der Waals surface area (Å²) >= 11 is 0. The Morgan fingerprint density at radius 3 is 1.49 bits per heavy atom. The monoisotopic (exact) mass is 586 g/mol. The molecule has 0 heterocycles. The molecule has 244 valence electrons. The summed E-state index contributed by atoms with van der Waals surface area (Å²) in [6.07, 6.45) is 6.00. The van der Waals surface area contributed by atoms with Crippen molar-refractivity contribution >= 4 is 11.8 Å². The van der Waals surface area contributed by atoms with Gasteiger partial charge in [-0.15, -0.1) is 0 Å². The highest BCUT2D eigenvalue weighted by molar-refractivity contribution is 5.82. The lowest BCUT2D eigenvalue weighted by Gasteiger charge is -2.31. The predicted molar refractivity (Wildman–Crippen MR) is 170 cm³/mol. The molecule has 0 aromatic heterocycles. The molecule has 41 heavy (non-hydrogen) atoms. The molecule has 0 saturated carbocycles. The van der Waals surface area contributed by atoms with Crippen LogP contribution < -0.4 is 16.0 Å². The van der Waals surface area contributed by atoms with E-state index in [4.69, 9.17) is 14.2 Å². The van der Waals surface area contributed by atoms with Gasteiger partial charge in [0.25, 0.3) is 0 Å². The smallest absolute Gasteiger partial charge is 0.225 e. The van der Waals surface area contributed by atoms with Crippen LogP contribution in [-0.2, 0) is 23.8 Å². The number of rotatable bonds is 23. The number of carbonyl (C=O) groups excluding carboxylic acids is 2. The molecule has 0 aromatic carbocycles. The van der Waals surface area contributed by atoms with Crippen LogP contribution in [0.5, 0.6) is 0 Å². The second-order valence-electron chi connectivity index (χ2n) is 14.8. The molecule has 1 unspecified atom stereocenters. The summed E-state index contributed by atoms with van der Waals surface area (Å²) in [5, 5.41) is 9.45. The van der Waals surface area contributed by atoms with Gasteiger partial charge in [-0.25, -0.2) is 0 Å². The summed E-state index contributed by atoms with van der Waals surface area (Å²) in [7, 11) is 1.96. The van der Waals surface area contributed by atoms with Crippen LogP contribution in [0.25, 0.3) is 0 Å². The van der Waals surface area contributed by atoms with Gasteiger partial charge in [0.2, 0.25) is 11.8 Å². The molecule has 0 fully saturated rings. The van der Waals surface area contributed by atoms with Crippen LogP contribution in [0, 0.1) is 10.8 Å². The van der Waals surface area contributed by atoms with Crippen molar-refractivity contribution < 1.29 is 23.8 Å². The molecule has 0 rings (SSSR count). The van der Waals surface area contributed by atoms with Crippen LogP contribution in [0.15, 0.2) is 0 Å². The summed E-state index contributed by atoms with van der Waals surface area (Å²) in [5.41, 5.74) is -1.71. The molecule has 0 spiro atoms. The molecule has 0 aromatic rings. The fourth-order valence-corrected chi connectivity index (χ4v) is 4.10. The van der Waals surface area contributed by atoms with Gasteiger partial charge >= 0.3 is 0 Å². The first-order valence-electron chi connectivity index (χ1n) is 15.8. The van der Waals surface area contributed by atoms with Gasteiger partial charge in [-0.05, 0) is 94.0 Å². The van der Waals surface area contributed by atoms with Gasteiger partial charge in [0, 0.05) is 49.3 Å². The first-order valence-corrected chi connectivity index (χ1v) is 15.8. The van der Waals surface area contributed by atoms with E-state index in [1.165, 1.54) is 0 Å². The Kier molecular flexibility index (Phi) is 17.3.